The fourth-order valence-corrected chi connectivity index (χ4v) is 11.8. The van der Waals surface area contributed by atoms with Crippen LogP contribution >= 0.6 is 22.6 Å². The quantitative estimate of drug-likeness (QED) is 0.00999. The number of carbonyl (C=O) groups is 12. The Morgan fingerprint density at radius 3 is 1.63 bits per heavy atom. The van der Waals surface area contributed by atoms with Gasteiger partial charge in [0.15, 0.2) is 5.96 Å². The number of urea groups is 1. The summed E-state index contributed by atoms with van der Waals surface area (Å²) in [4.78, 5) is 176. The number of aliphatic hydroxyl groups is 1. The molecule has 1 aromatic heterocycles. The van der Waals surface area contributed by atoms with E-state index in [0.29, 0.717) is 28.7 Å². The van der Waals surface area contributed by atoms with Gasteiger partial charge in [0.05, 0.1) is 6.61 Å². The Morgan fingerprint density at radius 2 is 1.07 bits per heavy atom. The summed E-state index contributed by atoms with van der Waals surface area (Å²) < 4.78 is 0.883. The molecule has 10 atom stereocenters. The van der Waals surface area contributed by atoms with Crippen LogP contribution in [0.2, 0.25) is 0 Å². The SMILES string of the molecule is CC(=O)N[C@H](Cc1ccc2ccccc2c1)C(=O)N[C@H](Cc1ccc([125I])cc1)C(=O)N[C@H](Cc1cccnc1)C(=O)N[C@@H](CO)C(=O)N[C@@H](Cc1ccc(O)cc1)C(=O)N[C@H](CCCNC(N)=O)C(=O)N[C@@H](CC(C)C)C(=O)N[C@@H](CCCN=C(N)N)C(=O)N1CCC[C@H]1C(=O)N[C@H](C)C(N)=O. The molecule has 1 aliphatic rings. The molecule has 4 aromatic carbocycles. The Morgan fingerprint density at radius 1 is 0.569 bits per heavy atom. The van der Waals surface area contributed by atoms with Crippen molar-refractivity contribution in [2.75, 3.05) is 26.2 Å². The van der Waals surface area contributed by atoms with Crippen molar-refractivity contribution in [3.63, 3.8) is 0 Å². The molecule has 20 N–H and O–H groups in total. The zero-order chi connectivity index (χ0) is 74.6. The van der Waals surface area contributed by atoms with E-state index in [1.807, 2.05) is 42.5 Å². The average Bonchev–Trinajstić information content (AvgIpc) is 1.13. The number of guanidine groups is 1. The van der Waals surface area contributed by atoms with E-state index in [0.717, 1.165) is 14.3 Å². The summed E-state index contributed by atoms with van der Waals surface area (Å²) in [7, 11) is 0. The molecule has 31 nitrogen and oxygen atoms in total. The summed E-state index contributed by atoms with van der Waals surface area (Å²) in [5, 5.41) is 49.3. The zero-order valence-electron chi connectivity index (χ0n) is 57.2. The molecule has 1 saturated heterocycles. The second-order valence-electron chi connectivity index (χ2n) is 25.4. The van der Waals surface area contributed by atoms with Crippen LogP contribution in [0.3, 0.4) is 0 Å². The third-order valence-electron chi connectivity index (χ3n) is 16.7. The van der Waals surface area contributed by atoms with Crippen LogP contribution in [-0.2, 0) is 78.4 Å². The van der Waals surface area contributed by atoms with E-state index in [4.69, 9.17) is 22.9 Å². The molecule has 5 aromatic rings. The van der Waals surface area contributed by atoms with E-state index in [1.165, 1.54) is 55.4 Å². The van der Waals surface area contributed by atoms with E-state index in [1.54, 1.807) is 50.2 Å². The molecular weight excluding hydrogens is 1430 g/mol. The van der Waals surface area contributed by atoms with Crippen LogP contribution in [0.25, 0.3) is 10.8 Å². The summed E-state index contributed by atoms with van der Waals surface area (Å²) in [5.41, 5.74) is 24.0. The summed E-state index contributed by atoms with van der Waals surface area (Å²) in [6.07, 6.45) is 2.84. The van der Waals surface area contributed by atoms with Crippen molar-refractivity contribution in [3.8, 4) is 5.75 Å². The van der Waals surface area contributed by atoms with Crippen LogP contribution < -0.4 is 76.1 Å². The number of likely N-dealkylation sites (tertiary alicyclic amines) is 1. The molecule has 0 saturated carbocycles. The van der Waals surface area contributed by atoms with Gasteiger partial charge in [0, 0.05) is 68.2 Å². The van der Waals surface area contributed by atoms with Crippen LogP contribution in [0.1, 0.15) is 94.9 Å². The lowest BCUT2D eigenvalue weighted by Crippen LogP contribution is -2.61. The number of benzene rings is 4. The molecule has 0 bridgehead atoms. The van der Waals surface area contributed by atoms with Crippen LogP contribution in [0.15, 0.2) is 121 Å². The predicted octanol–water partition coefficient (Wildman–Crippen LogP) is -0.765. The van der Waals surface area contributed by atoms with Gasteiger partial charge in [0.1, 0.15) is 66.2 Å². The standard InChI is InChI=1S/C70H92IN17O14/c1-39(2)31-52(61(94)82-51(15-9-28-77-69(73)74)68(101)88-30-10-16-58(88)67(100)79-40(3)59(72)92)83-60(93)50(14-8-29-78-70(75)102)81-63(96)54(34-43-20-25-49(91)26-21-43)86-66(99)57(38-89)87-65(98)56(36-45-11-7-27-76-37-45)85-64(97)55(33-42-18-23-48(71)24-19-42)84-62(95)53(80-41(4)90)35-44-17-22-46-12-5-6-13-47(46)32-44/h5-7,11-13,17-27,32,37,39-40,50-58,89,91H,8-10,14-16,28-31,33-36,38H2,1-4H3,(H2,72,92)(H,79,100)(H,80,90)(H,81,96)(H,82,94)(H,83,93)(H,84,95)(H,85,97)(H,86,99)(H,87,98)(H4,73,74,77)(H3,75,78,102)/t40-,50-,51+,52+,53-,54+,55-,56-,57+,58+/m1/s1/i71-2. The first-order valence-corrected chi connectivity index (χ1v) is 34.5. The van der Waals surface area contributed by atoms with Gasteiger partial charge in [-0.05, 0) is 144 Å². The highest BCUT2D eigenvalue weighted by atomic mass is 125. The van der Waals surface area contributed by atoms with Crippen molar-refractivity contribution in [2.45, 2.75) is 159 Å². The first kappa shape index (κ1) is 80.5. The number of aliphatic imine (C=N–C) groups is 1. The molecule has 0 radical (unpaired) electrons. The summed E-state index contributed by atoms with van der Waals surface area (Å²) in [5.74, 6) is -9.70. The van der Waals surface area contributed by atoms with Crippen molar-refractivity contribution in [1.29, 1.82) is 0 Å². The van der Waals surface area contributed by atoms with E-state index in [2.05, 4.69) is 85.7 Å². The number of halogens is 1. The normalized spacial score (nSPS) is 15.2. The highest BCUT2D eigenvalue weighted by molar-refractivity contribution is 14.1. The van der Waals surface area contributed by atoms with Crippen molar-refractivity contribution in [3.05, 3.63) is 141 Å². The van der Waals surface area contributed by atoms with Gasteiger partial charge >= 0.3 is 6.03 Å². The second kappa shape index (κ2) is 40.1. The minimum Gasteiger partial charge on any atom is -0.508 e. The molecule has 2 heterocycles. The Bertz CT molecular complexity index is 3770. The number of pyridine rings is 1. The molecule has 548 valence electrons. The molecule has 102 heavy (non-hydrogen) atoms. The molecule has 0 aliphatic carbocycles. The van der Waals surface area contributed by atoms with Gasteiger partial charge in [0.2, 0.25) is 65.0 Å². The Balaban J connectivity index is 1.26. The van der Waals surface area contributed by atoms with Gasteiger partial charge in [-0.15, -0.1) is 0 Å². The molecular formula is C70H92IN17O14. The van der Waals surface area contributed by atoms with E-state index in [-0.39, 0.29) is 101 Å². The van der Waals surface area contributed by atoms with Crippen molar-refractivity contribution in [1.82, 2.24) is 63.1 Å². The van der Waals surface area contributed by atoms with Gasteiger partial charge in [0.25, 0.3) is 0 Å². The second-order valence-corrected chi connectivity index (χ2v) is 26.6. The maximum atomic E-state index is 14.9. The molecule has 6 rings (SSSR count). The number of aromatic nitrogens is 1. The van der Waals surface area contributed by atoms with Crippen LogP contribution in [0, 0.1) is 9.49 Å². The van der Waals surface area contributed by atoms with Crippen LogP contribution in [0.5, 0.6) is 5.75 Å². The number of primary amides is 2. The Kier molecular flexibility index (Phi) is 31.6. The maximum absolute atomic E-state index is 14.9. The molecule has 32 heteroatoms. The molecule has 1 fully saturated rings. The number of hydrogen-bond acceptors (Lipinski definition) is 16. The average molecular weight is 1520 g/mol. The number of hydrogen-bond donors (Lipinski definition) is 16. The fourth-order valence-electron chi connectivity index (χ4n) is 11.4. The number of carbonyl (C=O) groups excluding carboxylic acids is 12. The van der Waals surface area contributed by atoms with Crippen molar-refractivity contribution < 1.29 is 67.7 Å². The number of fused-ring (bicyclic) bond motifs is 1. The first-order chi connectivity index (χ1) is 48.6. The first-order valence-electron chi connectivity index (χ1n) is 33.5. The van der Waals surface area contributed by atoms with Crippen molar-refractivity contribution in [2.24, 2.45) is 33.8 Å². The lowest BCUT2D eigenvalue weighted by Gasteiger charge is -2.31. The third-order valence-corrected chi connectivity index (χ3v) is 17.4. The molecule has 0 unspecified atom stereocenters. The zero-order valence-corrected chi connectivity index (χ0v) is 59.4. The van der Waals surface area contributed by atoms with Gasteiger partial charge in [-0.2, -0.15) is 0 Å². The Hall–Kier alpha value is -10.5. The maximum Gasteiger partial charge on any atom is 0.312 e. The summed E-state index contributed by atoms with van der Waals surface area (Å²) >= 11 is 2.12. The highest BCUT2D eigenvalue weighted by Crippen LogP contribution is 2.22. The molecule has 1 aliphatic heterocycles. The van der Waals surface area contributed by atoms with Crippen LogP contribution in [0.4, 0.5) is 4.79 Å². The minimum atomic E-state index is -1.84. The van der Waals surface area contributed by atoms with E-state index in [9.17, 15) is 67.7 Å². The van der Waals surface area contributed by atoms with Crippen molar-refractivity contribution >= 4 is 110 Å². The number of aliphatic hydroxyl groups excluding tert-OH is 1. The number of amides is 13. The molecule has 0 spiro atoms. The summed E-state index contributed by atoms with van der Waals surface area (Å²) in [6.45, 7) is 5.19. The van der Waals surface area contributed by atoms with Gasteiger partial charge < -0.3 is 91.2 Å². The number of nitrogens with zero attached hydrogens (tertiary/aromatic N) is 3. The largest absolute Gasteiger partial charge is 0.508 e. The van der Waals surface area contributed by atoms with Gasteiger partial charge in [-0.25, -0.2) is 4.79 Å². The minimum absolute atomic E-state index is 0.00431. The topological polar surface area (TPSA) is 498 Å². The van der Waals surface area contributed by atoms with Gasteiger partial charge in [-0.1, -0.05) is 86.6 Å². The monoisotopic (exact) mass is 1520 g/mol. The van der Waals surface area contributed by atoms with Crippen LogP contribution in [-0.4, -0.2) is 184 Å². The lowest BCUT2D eigenvalue weighted by molar-refractivity contribution is -0.142. The smallest absolute Gasteiger partial charge is 0.312 e. The van der Waals surface area contributed by atoms with E-state index >= 15 is 0 Å². The number of aromatic hydroxyl groups is 1. The fraction of sp³-hybridized carbons (Fsp3) is 0.429. The van der Waals surface area contributed by atoms with Gasteiger partial charge in [-0.3, -0.25) is 62.7 Å². The highest BCUT2D eigenvalue weighted by Gasteiger charge is 2.40. The lowest BCUT2D eigenvalue weighted by atomic mass is 9.99. The third kappa shape index (κ3) is 26.2. The number of nitrogens with one attached hydrogen (secondary N) is 10. The number of nitrogens with two attached hydrogens (primary N) is 4. The number of phenols is 1. The number of rotatable bonds is 38. The van der Waals surface area contributed by atoms with E-state index < -0.39 is 138 Å². The Labute approximate surface area is 603 Å². The molecule has 13 amide bonds. The summed E-state index contributed by atoms with van der Waals surface area (Å²) in [6, 6.07) is 14.4. The predicted molar refractivity (Wildman–Crippen MR) is 386 cm³/mol. The number of phenolic OH excluding ortho intramolecular Hbond substituents is 1.